The van der Waals surface area contributed by atoms with Gasteiger partial charge in [0, 0.05) is 33.1 Å². The highest BCUT2D eigenvalue weighted by Gasteiger charge is 2.20. The first-order valence-electron chi connectivity index (χ1n) is 7.15. The molecule has 114 valence electrons. The zero-order chi connectivity index (χ0) is 15.2. The number of anilines is 1. The van der Waals surface area contributed by atoms with E-state index in [0.717, 1.165) is 24.5 Å². The summed E-state index contributed by atoms with van der Waals surface area (Å²) in [6.45, 7) is 7.10. The van der Waals surface area contributed by atoms with Gasteiger partial charge in [0.1, 0.15) is 5.75 Å². The maximum absolute atomic E-state index is 11.3. The summed E-state index contributed by atoms with van der Waals surface area (Å²) < 4.78 is 5.58. The molecule has 1 heterocycles. The van der Waals surface area contributed by atoms with Gasteiger partial charge in [-0.15, -0.1) is 0 Å². The summed E-state index contributed by atoms with van der Waals surface area (Å²) in [5.74, 6) is 0.917. The predicted molar refractivity (Wildman–Crippen MR) is 87.7 cm³/mol. The number of nitrogens with zero attached hydrogens (tertiary/aromatic N) is 2. The van der Waals surface area contributed by atoms with Crippen LogP contribution in [0.3, 0.4) is 0 Å². The maximum Gasteiger partial charge on any atom is 0.219 e. The van der Waals surface area contributed by atoms with Crippen molar-refractivity contribution < 1.29 is 9.53 Å². The molecule has 2 rings (SSSR count). The lowest BCUT2D eigenvalue weighted by Gasteiger charge is -2.35. The summed E-state index contributed by atoms with van der Waals surface area (Å²) in [4.78, 5) is 15.2. The lowest BCUT2D eigenvalue weighted by molar-refractivity contribution is -0.130. The van der Waals surface area contributed by atoms with E-state index in [1.807, 2.05) is 36.1 Å². The Balaban J connectivity index is 1.95. The van der Waals surface area contributed by atoms with E-state index < -0.39 is 0 Å². The molecule has 6 heteroatoms. The van der Waals surface area contributed by atoms with Crippen LogP contribution in [-0.4, -0.2) is 53.6 Å². The third-order valence-corrected chi connectivity index (χ3v) is 3.80. The van der Waals surface area contributed by atoms with Crippen LogP contribution in [0.5, 0.6) is 5.75 Å². The number of nitrogens with one attached hydrogen (secondary N) is 1. The Morgan fingerprint density at radius 2 is 1.86 bits per heavy atom. The highest BCUT2D eigenvalue weighted by molar-refractivity contribution is 7.80. The van der Waals surface area contributed by atoms with Crippen LogP contribution in [-0.2, 0) is 4.79 Å². The SMILES string of the molecule is CCOc1ccccc1NC(=S)N1CCN(C(C)=O)CC1. The molecule has 1 N–H and O–H groups in total. The average Bonchev–Trinajstić information content (AvgIpc) is 2.49. The highest BCUT2D eigenvalue weighted by Crippen LogP contribution is 2.24. The number of benzene rings is 1. The molecule has 1 saturated heterocycles. The number of hydrogen-bond donors (Lipinski definition) is 1. The number of rotatable bonds is 3. The fraction of sp³-hybridized carbons (Fsp3) is 0.467. The van der Waals surface area contributed by atoms with E-state index >= 15 is 0 Å². The predicted octanol–water partition coefficient (Wildman–Crippen LogP) is 1.95. The van der Waals surface area contributed by atoms with Crippen LogP contribution in [0.15, 0.2) is 24.3 Å². The van der Waals surface area contributed by atoms with Gasteiger partial charge in [-0.05, 0) is 31.3 Å². The lowest BCUT2D eigenvalue weighted by Crippen LogP contribution is -2.51. The van der Waals surface area contributed by atoms with Gasteiger partial charge in [-0.2, -0.15) is 0 Å². The molecular weight excluding hydrogens is 286 g/mol. The van der Waals surface area contributed by atoms with Gasteiger partial charge < -0.3 is 19.9 Å². The van der Waals surface area contributed by atoms with Crippen molar-refractivity contribution in [3.05, 3.63) is 24.3 Å². The first kappa shape index (κ1) is 15.6. The van der Waals surface area contributed by atoms with E-state index in [9.17, 15) is 4.79 Å². The summed E-state index contributed by atoms with van der Waals surface area (Å²) >= 11 is 5.46. The molecule has 0 unspecified atom stereocenters. The number of amides is 1. The number of carbonyl (C=O) groups excluding carboxylic acids is 1. The van der Waals surface area contributed by atoms with E-state index in [2.05, 4.69) is 10.2 Å². The van der Waals surface area contributed by atoms with Crippen LogP contribution >= 0.6 is 12.2 Å². The molecule has 0 atom stereocenters. The Hall–Kier alpha value is -1.82. The number of carbonyl (C=O) groups is 1. The molecule has 0 saturated carbocycles. The fourth-order valence-electron chi connectivity index (χ4n) is 2.27. The summed E-state index contributed by atoms with van der Waals surface area (Å²) in [5, 5.41) is 3.91. The first-order chi connectivity index (χ1) is 10.1. The van der Waals surface area contributed by atoms with Crippen LogP contribution < -0.4 is 10.1 Å². The Kier molecular flexibility index (Phi) is 5.38. The van der Waals surface area contributed by atoms with Gasteiger partial charge in [-0.1, -0.05) is 12.1 Å². The molecule has 21 heavy (non-hydrogen) atoms. The number of ether oxygens (including phenoxy) is 1. The van der Waals surface area contributed by atoms with Crippen molar-refractivity contribution >= 4 is 28.9 Å². The van der Waals surface area contributed by atoms with E-state index in [0.29, 0.717) is 24.8 Å². The van der Waals surface area contributed by atoms with Gasteiger partial charge in [0.05, 0.1) is 12.3 Å². The summed E-state index contributed by atoms with van der Waals surface area (Å²) in [6.07, 6.45) is 0. The Labute approximate surface area is 130 Å². The number of thiocarbonyl (C=S) groups is 1. The second-order valence-electron chi connectivity index (χ2n) is 4.85. The summed E-state index contributed by atoms with van der Waals surface area (Å²) in [6, 6.07) is 7.75. The topological polar surface area (TPSA) is 44.8 Å². The molecule has 0 bridgehead atoms. The van der Waals surface area contributed by atoms with Gasteiger partial charge in [0.2, 0.25) is 5.91 Å². The monoisotopic (exact) mass is 307 g/mol. The molecule has 1 amide bonds. The smallest absolute Gasteiger partial charge is 0.219 e. The molecule has 0 spiro atoms. The molecule has 5 nitrogen and oxygen atoms in total. The minimum absolute atomic E-state index is 0.121. The third-order valence-electron chi connectivity index (χ3n) is 3.44. The van der Waals surface area contributed by atoms with Crippen molar-refractivity contribution in [1.29, 1.82) is 0 Å². The summed E-state index contributed by atoms with van der Waals surface area (Å²) in [5.41, 5.74) is 0.873. The Morgan fingerprint density at radius 1 is 1.24 bits per heavy atom. The summed E-state index contributed by atoms with van der Waals surface area (Å²) in [7, 11) is 0. The molecular formula is C15H21N3O2S. The first-order valence-corrected chi connectivity index (χ1v) is 7.56. The van der Waals surface area contributed by atoms with Crippen LogP contribution in [0, 0.1) is 0 Å². The third kappa shape index (κ3) is 4.07. The van der Waals surface area contributed by atoms with Gasteiger partial charge in [0.15, 0.2) is 5.11 Å². The van der Waals surface area contributed by atoms with Crippen molar-refractivity contribution in [1.82, 2.24) is 9.80 Å². The van der Waals surface area contributed by atoms with Gasteiger partial charge in [-0.3, -0.25) is 4.79 Å². The van der Waals surface area contributed by atoms with Crippen molar-refractivity contribution in [2.24, 2.45) is 0 Å². The average molecular weight is 307 g/mol. The van der Waals surface area contributed by atoms with Crippen LogP contribution in [0.4, 0.5) is 5.69 Å². The molecule has 1 aliphatic heterocycles. The van der Waals surface area contributed by atoms with Gasteiger partial charge >= 0.3 is 0 Å². The van der Waals surface area contributed by atoms with Crippen molar-refractivity contribution in [2.75, 3.05) is 38.1 Å². The van der Waals surface area contributed by atoms with Gasteiger partial charge in [-0.25, -0.2) is 0 Å². The maximum atomic E-state index is 11.3. The standard InChI is InChI=1S/C15H21N3O2S/c1-3-20-14-7-5-4-6-13(14)16-15(21)18-10-8-17(9-11-18)12(2)19/h4-7H,3,8-11H2,1-2H3,(H,16,21). The molecule has 1 aliphatic rings. The Bertz CT molecular complexity index is 513. The molecule has 0 radical (unpaired) electrons. The number of hydrogen-bond acceptors (Lipinski definition) is 3. The molecule has 0 aromatic heterocycles. The highest BCUT2D eigenvalue weighted by atomic mass is 32.1. The molecule has 0 aliphatic carbocycles. The fourth-order valence-corrected chi connectivity index (χ4v) is 2.56. The van der Waals surface area contributed by atoms with Crippen molar-refractivity contribution in [3.63, 3.8) is 0 Å². The second-order valence-corrected chi connectivity index (χ2v) is 5.24. The zero-order valence-electron chi connectivity index (χ0n) is 12.5. The van der Waals surface area contributed by atoms with E-state index in [4.69, 9.17) is 17.0 Å². The largest absolute Gasteiger partial charge is 0.492 e. The number of piperazine rings is 1. The van der Waals surface area contributed by atoms with Crippen molar-refractivity contribution in [2.45, 2.75) is 13.8 Å². The molecule has 1 aromatic rings. The second kappa shape index (κ2) is 7.26. The zero-order valence-corrected chi connectivity index (χ0v) is 13.3. The Morgan fingerprint density at radius 3 is 2.48 bits per heavy atom. The minimum atomic E-state index is 0.121. The minimum Gasteiger partial charge on any atom is -0.492 e. The molecule has 1 fully saturated rings. The van der Waals surface area contributed by atoms with Crippen molar-refractivity contribution in [3.8, 4) is 5.75 Å². The van der Waals surface area contributed by atoms with E-state index in [1.54, 1.807) is 6.92 Å². The number of para-hydroxylation sites is 2. The van der Waals surface area contributed by atoms with E-state index in [1.165, 1.54) is 0 Å². The van der Waals surface area contributed by atoms with Crippen LogP contribution in [0.1, 0.15) is 13.8 Å². The van der Waals surface area contributed by atoms with E-state index in [-0.39, 0.29) is 5.91 Å². The molecule has 1 aromatic carbocycles. The van der Waals surface area contributed by atoms with Gasteiger partial charge in [0.25, 0.3) is 0 Å². The van der Waals surface area contributed by atoms with Crippen LogP contribution in [0.25, 0.3) is 0 Å². The quantitative estimate of drug-likeness (QED) is 0.865. The lowest BCUT2D eigenvalue weighted by atomic mass is 10.3. The normalized spacial score (nSPS) is 14.8. The van der Waals surface area contributed by atoms with Crippen LogP contribution in [0.2, 0.25) is 0 Å².